The molecule has 0 fully saturated rings. The Bertz CT molecular complexity index is 500. The molecular formula is C12H9IO2S. The predicted molar refractivity (Wildman–Crippen MR) is 74.1 cm³/mol. The van der Waals surface area contributed by atoms with Crippen LogP contribution < -0.4 is 4.74 Å². The highest BCUT2D eigenvalue weighted by Gasteiger charge is 2.21. The molecule has 1 aromatic rings. The van der Waals surface area contributed by atoms with E-state index >= 15 is 0 Å². The van der Waals surface area contributed by atoms with Gasteiger partial charge in [-0.15, -0.1) is 0 Å². The van der Waals surface area contributed by atoms with Crippen LogP contribution in [0.3, 0.4) is 0 Å². The van der Waals surface area contributed by atoms with Gasteiger partial charge in [0.15, 0.2) is 5.78 Å². The fourth-order valence-corrected chi connectivity index (χ4v) is 2.29. The van der Waals surface area contributed by atoms with Gasteiger partial charge in [0.05, 0.1) is 12.7 Å². The van der Waals surface area contributed by atoms with E-state index in [-0.39, 0.29) is 5.78 Å². The summed E-state index contributed by atoms with van der Waals surface area (Å²) in [6, 6.07) is 3.78. The average molecular weight is 344 g/mol. The summed E-state index contributed by atoms with van der Waals surface area (Å²) in [5, 5.41) is 2.93. The van der Waals surface area contributed by atoms with Crippen molar-refractivity contribution in [2.45, 2.75) is 12.8 Å². The van der Waals surface area contributed by atoms with E-state index in [4.69, 9.17) is 4.74 Å². The van der Waals surface area contributed by atoms with E-state index in [0.717, 1.165) is 23.1 Å². The highest BCUT2D eigenvalue weighted by Crippen LogP contribution is 2.29. The molecule has 0 bridgehead atoms. The Morgan fingerprint density at radius 1 is 1.44 bits per heavy atom. The number of hydrogen-bond donors (Lipinski definition) is 0. The highest BCUT2D eigenvalue weighted by molar-refractivity contribution is 14.2. The lowest BCUT2D eigenvalue weighted by molar-refractivity contribution is 0.0994. The summed E-state index contributed by atoms with van der Waals surface area (Å²) in [7, 11) is 3.04. The van der Waals surface area contributed by atoms with Crippen molar-refractivity contribution in [3.63, 3.8) is 0 Å². The third-order valence-corrected chi connectivity index (χ3v) is 3.41. The molecule has 0 heterocycles. The molecule has 4 heteroatoms. The normalized spacial score (nSPS) is 13.0. The SMILES string of the molecule is COc1cc2c(cc1C#CSI)CCC2=O. The van der Waals surface area contributed by atoms with Crippen LogP contribution in [0, 0.1) is 11.2 Å². The molecule has 0 saturated heterocycles. The molecule has 16 heavy (non-hydrogen) atoms. The van der Waals surface area contributed by atoms with Crippen molar-refractivity contribution in [2.24, 2.45) is 0 Å². The monoisotopic (exact) mass is 344 g/mol. The largest absolute Gasteiger partial charge is 0.495 e. The number of carbonyl (C=O) groups is 1. The Labute approximate surface area is 111 Å². The smallest absolute Gasteiger partial charge is 0.163 e. The van der Waals surface area contributed by atoms with Gasteiger partial charge >= 0.3 is 0 Å². The van der Waals surface area contributed by atoms with Crippen molar-refractivity contribution in [3.05, 3.63) is 28.8 Å². The van der Waals surface area contributed by atoms with Gasteiger partial charge in [0.2, 0.25) is 0 Å². The molecule has 0 saturated carbocycles. The van der Waals surface area contributed by atoms with E-state index in [1.807, 2.05) is 12.1 Å². The van der Waals surface area contributed by atoms with Crippen LogP contribution in [0.15, 0.2) is 12.1 Å². The van der Waals surface area contributed by atoms with E-state index in [1.165, 1.54) is 8.93 Å². The molecule has 0 radical (unpaired) electrons. The maximum Gasteiger partial charge on any atom is 0.163 e. The topological polar surface area (TPSA) is 26.3 Å². The van der Waals surface area contributed by atoms with Crippen molar-refractivity contribution >= 4 is 35.9 Å². The van der Waals surface area contributed by atoms with Gasteiger partial charge in [-0.25, -0.2) is 0 Å². The quantitative estimate of drug-likeness (QED) is 0.578. The van der Waals surface area contributed by atoms with Crippen molar-refractivity contribution < 1.29 is 9.53 Å². The second kappa shape index (κ2) is 5.11. The summed E-state index contributed by atoms with van der Waals surface area (Å²) < 4.78 is 5.25. The molecule has 1 aromatic carbocycles. The zero-order chi connectivity index (χ0) is 11.5. The molecule has 2 rings (SSSR count). The van der Waals surface area contributed by atoms with Crippen LogP contribution in [0.1, 0.15) is 27.9 Å². The van der Waals surface area contributed by atoms with Crippen LogP contribution in [0.5, 0.6) is 5.75 Å². The van der Waals surface area contributed by atoms with Gasteiger partial charge in [-0.2, -0.15) is 0 Å². The fourth-order valence-electron chi connectivity index (χ4n) is 1.81. The van der Waals surface area contributed by atoms with Gasteiger partial charge in [-0.05, 0) is 38.3 Å². The molecule has 0 spiro atoms. The summed E-state index contributed by atoms with van der Waals surface area (Å²) in [4.78, 5) is 11.6. The zero-order valence-corrected chi connectivity index (χ0v) is 11.6. The zero-order valence-electron chi connectivity index (χ0n) is 8.67. The number of carbonyl (C=O) groups excluding carboxylic acids is 1. The van der Waals surface area contributed by atoms with E-state index < -0.39 is 0 Å². The number of hydrogen-bond acceptors (Lipinski definition) is 3. The Hall–Kier alpha value is -0.670. The second-order valence-corrected chi connectivity index (χ2v) is 5.12. The first-order valence-corrected chi connectivity index (χ1v) is 8.15. The van der Waals surface area contributed by atoms with Crippen LogP contribution in [0.25, 0.3) is 0 Å². The first-order valence-electron chi connectivity index (χ1n) is 4.79. The standard InChI is InChI=1S/C12H9IO2S/c1-15-12-7-10-8(2-3-11(10)14)6-9(12)4-5-16-13/h6-7H,2-3H2,1H3. The second-order valence-electron chi connectivity index (χ2n) is 3.44. The Morgan fingerprint density at radius 2 is 2.25 bits per heavy atom. The number of benzene rings is 1. The number of ether oxygens (including phenoxy) is 1. The van der Waals surface area contributed by atoms with Crippen LogP contribution >= 0.6 is 30.1 Å². The minimum absolute atomic E-state index is 0.205. The van der Waals surface area contributed by atoms with Gasteiger partial charge in [-0.3, -0.25) is 4.79 Å². The Kier molecular flexibility index (Phi) is 3.77. The molecule has 2 nitrogen and oxygen atoms in total. The fraction of sp³-hybridized carbons (Fsp3) is 0.250. The number of fused-ring (bicyclic) bond motifs is 1. The molecule has 0 unspecified atom stereocenters. The molecule has 0 amide bonds. The molecule has 82 valence electrons. The van der Waals surface area contributed by atoms with E-state index in [9.17, 15) is 4.79 Å². The van der Waals surface area contributed by atoms with Crippen LogP contribution in [-0.2, 0) is 6.42 Å². The molecule has 0 atom stereocenters. The van der Waals surface area contributed by atoms with Gasteiger partial charge in [0.25, 0.3) is 0 Å². The van der Waals surface area contributed by atoms with Crippen molar-refractivity contribution in [1.29, 1.82) is 0 Å². The lowest BCUT2D eigenvalue weighted by Crippen LogP contribution is -1.95. The number of ketones is 1. The predicted octanol–water partition coefficient (Wildman–Crippen LogP) is 3.22. The summed E-state index contributed by atoms with van der Waals surface area (Å²) >= 11 is 2.13. The average Bonchev–Trinajstić information content (AvgIpc) is 2.66. The lowest BCUT2D eigenvalue weighted by atomic mass is 10.1. The summed E-state index contributed by atoms with van der Waals surface area (Å²) in [5.74, 6) is 3.92. The van der Waals surface area contributed by atoms with Crippen molar-refractivity contribution in [1.82, 2.24) is 0 Å². The molecule has 1 aliphatic carbocycles. The number of Topliss-reactive ketones (excluding diaryl/α,β-unsaturated/α-hetero) is 1. The van der Waals surface area contributed by atoms with Crippen LogP contribution in [0.2, 0.25) is 0 Å². The van der Waals surface area contributed by atoms with Crippen molar-refractivity contribution in [2.75, 3.05) is 7.11 Å². The third kappa shape index (κ3) is 2.20. The molecular weight excluding hydrogens is 335 g/mol. The van der Waals surface area contributed by atoms with E-state index in [1.54, 1.807) is 7.11 Å². The Morgan fingerprint density at radius 3 is 2.94 bits per heavy atom. The number of methoxy groups -OCH3 is 1. The highest BCUT2D eigenvalue weighted by atomic mass is 127. The molecule has 0 N–H and O–H groups in total. The van der Waals surface area contributed by atoms with Crippen molar-refractivity contribution in [3.8, 4) is 16.9 Å². The first-order chi connectivity index (χ1) is 7.76. The lowest BCUT2D eigenvalue weighted by Gasteiger charge is -2.06. The minimum atomic E-state index is 0.205. The molecule has 0 aliphatic heterocycles. The summed E-state index contributed by atoms with van der Waals surface area (Å²) in [5.41, 5.74) is 2.75. The van der Waals surface area contributed by atoms with Gasteiger partial charge in [-0.1, -0.05) is 5.92 Å². The number of rotatable bonds is 1. The summed E-state index contributed by atoms with van der Waals surface area (Å²) in [6.45, 7) is 0. The number of halogens is 1. The summed E-state index contributed by atoms with van der Waals surface area (Å²) in [6.07, 6.45) is 1.43. The minimum Gasteiger partial charge on any atom is -0.495 e. The maximum atomic E-state index is 11.6. The Balaban J connectivity index is 2.51. The van der Waals surface area contributed by atoms with E-state index in [2.05, 4.69) is 32.4 Å². The van der Waals surface area contributed by atoms with Gasteiger partial charge in [0, 0.05) is 33.2 Å². The third-order valence-electron chi connectivity index (χ3n) is 2.57. The van der Waals surface area contributed by atoms with E-state index in [0.29, 0.717) is 12.2 Å². The van der Waals surface area contributed by atoms with Gasteiger partial charge in [0.1, 0.15) is 5.75 Å². The van der Waals surface area contributed by atoms with Crippen LogP contribution in [0.4, 0.5) is 0 Å². The maximum absolute atomic E-state index is 11.6. The molecule has 1 aliphatic rings. The van der Waals surface area contributed by atoms with Crippen LogP contribution in [-0.4, -0.2) is 12.9 Å². The molecule has 0 aromatic heterocycles. The van der Waals surface area contributed by atoms with Gasteiger partial charge < -0.3 is 4.74 Å². The first kappa shape index (κ1) is 11.8. The number of aryl methyl sites for hydroxylation is 1.